The summed E-state index contributed by atoms with van der Waals surface area (Å²) in [6.45, 7) is 2.54. The summed E-state index contributed by atoms with van der Waals surface area (Å²) >= 11 is 0. The Balaban J connectivity index is 3.85. The molecule has 0 aromatic carbocycles. The van der Waals surface area contributed by atoms with E-state index in [-0.39, 0.29) is 25.9 Å². The molecule has 0 aromatic heterocycles. The number of halogens is 2. The summed E-state index contributed by atoms with van der Waals surface area (Å²) < 4.78 is 25.0. The number of urea groups is 1. The lowest BCUT2D eigenvalue weighted by atomic mass is 10.2. The molecule has 0 radical (unpaired) electrons. The summed E-state index contributed by atoms with van der Waals surface area (Å²) in [5, 5.41) is 11.1. The molecule has 18 heavy (non-hydrogen) atoms. The van der Waals surface area contributed by atoms with E-state index in [4.69, 9.17) is 5.11 Å². The molecule has 106 valence electrons. The molecule has 0 rings (SSSR count). The van der Waals surface area contributed by atoms with Crippen LogP contribution in [0.5, 0.6) is 0 Å². The summed E-state index contributed by atoms with van der Waals surface area (Å²) in [7, 11) is 1.46. The molecule has 1 unspecified atom stereocenters. The van der Waals surface area contributed by atoms with Crippen LogP contribution in [0, 0.1) is 5.92 Å². The predicted molar refractivity (Wildman–Crippen MR) is 62.7 cm³/mol. The Labute approximate surface area is 105 Å². The maximum Gasteiger partial charge on any atom is 0.317 e. The van der Waals surface area contributed by atoms with Gasteiger partial charge in [-0.25, -0.2) is 13.6 Å². The van der Waals surface area contributed by atoms with Crippen molar-refractivity contribution in [3.05, 3.63) is 0 Å². The van der Waals surface area contributed by atoms with Crippen LogP contribution < -0.4 is 5.32 Å². The van der Waals surface area contributed by atoms with Crippen LogP contribution in [-0.4, -0.2) is 48.1 Å². The van der Waals surface area contributed by atoms with E-state index in [0.29, 0.717) is 0 Å². The van der Waals surface area contributed by atoms with Crippen molar-refractivity contribution in [2.75, 3.05) is 20.1 Å². The van der Waals surface area contributed by atoms with Crippen molar-refractivity contribution in [1.29, 1.82) is 0 Å². The van der Waals surface area contributed by atoms with Gasteiger partial charge in [0.25, 0.3) is 0 Å². The molecule has 0 aliphatic rings. The lowest BCUT2D eigenvalue weighted by molar-refractivity contribution is -0.141. The van der Waals surface area contributed by atoms with Gasteiger partial charge in [0.1, 0.15) is 0 Å². The number of carbonyl (C=O) groups is 2. The van der Waals surface area contributed by atoms with Gasteiger partial charge in [-0.15, -0.1) is 0 Å². The monoisotopic (exact) mass is 266 g/mol. The highest BCUT2D eigenvalue weighted by atomic mass is 19.3. The van der Waals surface area contributed by atoms with Gasteiger partial charge in [0.15, 0.2) is 0 Å². The Kier molecular flexibility index (Phi) is 6.57. The van der Waals surface area contributed by atoms with Gasteiger partial charge in [-0.3, -0.25) is 4.79 Å². The van der Waals surface area contributed by atoms with Crippen molar-refractivity contribution in [2.45, 2.75) is 32.6 Å². The van der Waals surface area contributed by atoms with E-state index in [9.17, 15) is 18.4 Å². The van der Waals surface area contributed by atoms with E-state index < -0.39 is 23.8 Å². The third kappa shape index (κ3) is 7.81. The zero-order valence-corrected chi connectivity index (χ0v) is 10.9. The normalized spacial score (nSPS) is 12.9. The summed E-state index contributed by atoms with van der Waals surface area (Å²) in [5.74, 6) is -4.38. The third-order valence-corrected chi connectivity index (χ3v) is 2.38. The van der Waals surface area contributed by atoms with Gasteiger partial charge in [0.2, 0.25) is 5.92 Å². The highest BCUT2D eigenvalue weighted by molar-refractivity contribution is 5.75. The number of carbonyl (C=O) groups excluding carboxylic acids is 1. The molecule has 5 nitrogen and oxygen atoms in total. The Morgan fingerprint density at radius 2 is 2.00 bits per heavy atom. The van der Waals surface area contributed by atoms with E-state index in [1.54, 1.807) is 0 Å². The number of aliphatic carboxylic acids is 1. The molecule has 0 aliphatic heterocycles. The van der Waals surface area contributed by atoms with Crippen molar-refractivity contribution in [1.82, 2.24) is 10.2 Å². The summed E-state index contributed by atoms with van der Waals surface area (Å²) in [4.78, 5) is 23.3. The Morgan fingerprint density at radius 3 is 2.44 bits per heavy atom. The first-order valence-corrected chi connectivity index (χ1v) is 5.73. The number of hydrogen-bond acceptors (Lipinski definition) is 2. The van der Waals surface area contributed by atoms with E-state index in [0.717, 1.165) is 6.92 Å². The van der Waals surface area contributed by atoms with Crippen LogP contribution in [0.15, 0.2) is 0 Å². The number of hydrogen-bond donors (Lipinski definition) is 2. The van der Waals surface area contributed by atoms with Gasteiger partial charge < -0.3 is 15.3 Å². The molecule has 1 atom stereocenters. The fourth-order valence-electron chi connectivity index (χ4n) is 1.30. The van der Waals surface area contributed by atoms with Crippen molar-refractivity contribution < 1.29 is 23.5 Å². The second-order valence-corrected chi connectivity index (χ2v) is 4.53. The van der Waals surface area contributed by atoms with Gasteiger partial charge >= 0.3 is 12.0 Å². The summed E-state index contributed by atoms with van der Waals surface area (Å²) in [6.07, 6.45) is -0.111. The number of rotatable bonds is 7. The van der Waals surface area contributed by atoms with Crippen LogP contribution >= 0.6 is 0 Å². The fourth-order valence-corrected chi connectivity index (χ4v) is 1.30. The van der Waals surface area contributed by atoms with Crippen molar-refractivity contribution >= 4 is 12.0 Å². The molecular weight excluding hydrogens is 246 g/mol. The largest absolute Gasteiger partial charge is 0.481 e. The zero-order chi connectivity index (χ0) is 14.3. The SMILES string of the molecule is CC(CN(C)C(=O)NCCCC(C)(F)F)C(=O)O. The Hall–Kier alpha value is -1.40. The number of carboxylic acids is 1. The topological polar surface area (TPSA) is 69.6 Å². The van der Waals surface area contributed by atoms with Crippen LogP contribution in [0.3, 0.4) is 0 Å². The van der Waals surface area contributed by atoms with Gasteiger partial charge in [-0.2, -0.15) is 0 Å². The quantitative estimate of drug-likeness (QED) is 0.690. The maximum atomic E-state index is 12.5. The molecule has 0 saturated carbocycles. The molecule has 7 heteroatoms. The van der Waals surface area contributed by atoms with Crippen molar-refractivity contribution in [2.24, 2.45) is 5.92 Å². The molecule has 2 amide bonds. The molecule has 0 aromatic rings. The van der Waals surface area contributed by atoms with Crippen molar-refractivity contribution in [3.63, 3.8) is 0 Å². The van der Waals surface area contributed by atoms with Crippen LogP contribution in [-0.2, 0) is 4.79 Å². The first kappa shape index (κ1) is 16.6. The first-order chi connectivity index (χ1) is 8.13. The minimum Gasteiger partial charge on any atom is -0.481 e. The standard InChI is InChI=1S/C11H20F2N2O3/c1-8(9(16)17)7-15(3)10(18)14-6-4-5-11(2,12)13/h8H,4-7H2,1-3H3,(H,14,18)(H,16,17). The average Bonchev–Trinajstić information content (AvgIpc) is 2.22. The van der Waals surface area contributed by atoms with E-state index in [1.807, 2.05) is 0 Å². The molecule has 0 heterocycles. The van der Waals surface area contributed by atoms with Gasteiger partial charge in [-0.1, -0.05) is 6.92 Å². The average molecular weight is 266 g/mol. The number of nitrogens with zero attached hydrogens (tertiary/aromatic N) is 1. The van der Waals surface area contributed by atoms with E-state index in [2.05, 4.69) is 5.32 Å². The smallest absolute Gasteiger partial charge is 0.317 e. The summed E-state index contributed by atoms with van der Waals surface area (Å²) in [6, 6.07) is -0.456. The maximum absolute atomic E-state index is 12.5. The molecule has 0 spiro atoms. The second-order valence-electron chi connectivity index (χ2n) is 4.53. The van der Waals surface area contributed by atoms with Crippen LogP contribution in [0.4, 0.5) is 13.6 Å². The molecule has 0 bridgehead atoms. The number of nitrogens with one attached hydrogen (secondary N) is 1. The van der Waals surface area contributed by atoms with Gasteiger partial charge in [0.05, 0.1) is 5.92 Å². The Morgan fingerprint density at radius 1 is 1.44 bits per heavy atom. The number of alkyl halides is 2. The van der Waals surface area contributed by atoms with Gasteiger partial charge in [-0.05, 0) is 13.3 Å². The number of amides is 2. The molecular formula is C11H20F2N2O3. The van der Waals surface area contributed by atoms with Crippen molar-refractivity contribution in [3.8, 4) is 0 Å². The van der Waals surface area contributed by atoms with E-state index >= 15 is 0 Å². The molecule has 0 saturated heterocycles. The molecule has 0 fully saturated rings. The lowest BCUT2D eigenvalue weighted by Gasteiger charge is -2.20. The highest BCUT2D eigenvalue weighted by Crippen LogP contribution is 2.17. The van der Waals surface area contributed by atoms with Crippen LogP contribution in [0.1, 0.15) is 26.7 Å². The van der Waals surface area contributed by atoms with Gasteiger partial charge in [0, 0.05) is 26.6 Å². The highest BCUT2D eigenvalue weighted by Gasteiger charge is 2.20. The molecule has 0 aliphatic carbocycles. The molecule has 2 N–H and O–H groups in total. The predicted octanol–water partition coefficient (Wildman–Crippen LogP) is 1.78. The van der Waals surface area contributed by atoms with Crippen LogP contribution in [0.25, 0.3) is 0 Å². The van der Waals surface area contributed by atoms with Crippen LogP contribution in [0.2, 0.25) is 0 Å². The lowest BCUT2D eigenvalue weighted by Crippen LogP contribution is -2.41. The fraction of sp³-hybridized carbons (Fsp3) is 0.818. The second kappa shape index (κ2) is 7.13. The van der Waals surface area contributed by atoms with E-state index in [1.165, 1.54) is 18.9 Å². The Bertz CT molecular complexity index is 293. The third-order valence-electron chi connectivity index (χ3n) is 2.38. The first-order valence-electron chi connectivity index (χ1n) is 5.73. The minimum absolute atomic E-state index is 0.0745. The minimum atomic E-state index is -2.73. The summed E-state index contributed by atoms with van der Waals surface area (Å²) in [5.41, 5.74) is 0. The number of carboxylic acid groups (broad SMARTS) is 1. The zero-order valence-electron chi connectivity index (χ0n) is 10.9.